The monoisotopic (exact) mass is 376 g/mol. The second kappa shape index (κ2) is 11.2. The third-order valence-corrected chi connectivity index (χ3v) is 4.28. The first-order valence-electron chi connectivity index (χ1n) is 10.0. The maximum atomic E-state index is 6.45. The minimum atomic E-state index is -0.0203. The minimum Gasteiger partial charge on any atom is -0.327 e. The molecule has 0 saturated carbocycles. The molecule has 28 heavy (non-hydrogen) atoms. The Morgan fingerprint density at radius 2 is 1.93 bits per heavy atom. The van der Waals surface area contributed by atoms with Crippen molar-refractivity contribution in [3.8, 4) is 0 Å². The zero-order chi connectivity index (χ0) is 20.4. The van der Waals surface area contributed by atoms with Gasteiger partial charge in [0.2, 0.25) is 0 Å². The van der Waals surface area contributed by atoms with Gasteiger partial charge in [0.1, 0.15) is 0 Å². The molecule has 148 valence electrons. The highest BCUT2D eigenvalue weighted by atomic mass is 15.3. The molecule has 2 N–H and O–H groups in total. The van der Waals surface area contributed by atoms with Crippen molar-refractivity contribution in [2.75, 3.05) is 0 Å². The maximum absolute atomic E-state index is 6.45. The van der Waals surface area contributed by atoms with Crippen LogP contribution in [0.25, 0.3) is 16.6 Å². The van der Waals surface area contributed by atoms with Crippen molar-refractivity contribution in [1.82, 2.24) is 14.8 Å². The fourth-order valence-electron chi connectivity index (χ4n) is 2.95. The van der Waals surface area contributed by atoms with Gasteiger partial charge in [-0.1, -0.05) is 56.7 Å². The van der Waals surface area contributed by atoms with Crippen LogP contribution in [0.5, 0.6) is 0 Å². The normalized spacial score (nSPS) is 12.8. The topological polar surface area (TPSA) is 56.7 Å². The SMILES string of the molecule is C/C=C\C=C(/CC(N)Cc1ncccc1C)n1ncc2ccccc21.CCC. The van der Waals surface area contributed by atoms with Gasteiger partial charge >= 0.3 is 0 Å². The number of rotatable bonds is 6. The summed E-state index contributed by atoms with van der Waals surface area (Å²) in [5.74, 6) is 0. The summed E-state index contributed by atoms with van der Waals surface area (Å²) < 4.78 is 1.99. The number of allylic oxidation sites excluding steroid dienone is 3. The van der Waals surface area contributed by atoms with E-state index >= 15 is 0 Å². The molecular weight excluding hydrogens is 344 g/mol. The summed E-state index contributed by atoms with van der Waals surface area (Å²) in [5, 5.41) is 5.70. The van der Waals surface area contributed by atoms with E-state index in [2.05, 4.69) is 55.1 Å². The van der Waals surface area contributed by atoms with Crippen LogP contribution in [0, 0.1) is 6.92 Å². The van der Waals surface area contributed by atoms with Gasteiger partial charge in [0, 0.05) is 41.9 Å². The molecule has 3 rings (SSSR count). The number of para-hydroxylation sites is 1. The summed E-state index contributed by atoms with van der Waals surface area (Å²) in [7, 11) is 0. The highest BCUT2D eigenvalue weighted by Gasteiger charge is 2.13. The number of hydrogen-bond acceptors (Lipinski definition) is 3. The van der Waals surface area contributed by atoms with Crippen molar-refractivity contribution in [1.29, 1.82) is 0 Å². The molecule has 0 bridgehead atoms. The lowest BCUT2D eigenvalue weighted by Gasteiger charge is -2.16. The predicted octanol–water partition coefficient (Wildman–Crippen LogP) is 5.53. The highest BCUT2D eigenvalue weighted by molar-refractivity contribution is 5.81. The van der Waals surface area contributed by atoms with E-state index < -0.39 is 0 Å². The van der Waals surface area contributed by atoms with E-state index in [4.69, 9.17) is 5.73 Å². The molecule has 0 saturated heterocycles. The molecule has 4 nitrogen and oxygen atoms in total. The van der Waals surface area contributed by atoms with E-state index in [0.29, 0.717) is 0 Å². The van der Waals surface area contributed by atoms with Gasteiger partial charge in [-0.25, -0.2) is 4.68 Å². The fourth-order valence-corrected chi connectivity index (χ4v) is 2.95. The Balaban J connectivity index is 0.000000878. The average Bonchev–Trinajstić information content (AvgIpc) is 3.12. The standard InChI is InChI=1S/C21H24N4.C3H8/c1-3-4-10-19(25-21-11-6-5-9-17(21)15-24-25)13-18(22)14-20-16(2)8-7-12-23-20;1-3-2/h3-12,15,18H,13-14,22H2,1-2H3;3H2,1-2H3/b4-3-,19-10+;. The summed E-state index contributed by atoms with van der Waals surface area (Å²) in [6.45, 7) is 8.33. The van der Waals surface area contributed by atoms with Gasteiger partial charge in [-0.2, -0.15) is 5.10 Å². The average molecular weight is 377 g/mol. The number of nitrogens with zero attached hydrogens (tertiary/aromatic N) is 3. The summed E-state index contributed by atoms with van der Waals surface area (Å²) >= 11 is 0. The van der Waals surface area contributed by atoms with E-state index in [1.54, 1.807) is 0 Å². The molecule has 0 aliphatic rings. The summed E-state index contributed by atoms with van der Waals surface area (Å²) in [5.41, 5.74) is 10.9. The largest absolute Gasteiger partial charge is 0.327 e. The molecule has 0 radical (unpaired) electrons. The zero-order valence-corrected chi connectivity index (χ0v) is 17.5. The van der Waals surface area contributed by atoms with Gasteiger partial charge in [0.15, 0.2) is 0 Å². The maximum Gasteiger partial charge on any atom is 0.0737 e. The Kier molecular flexibility index (Phi) is 8.63. The van der Waals surface area contributed by atoms with Crippen LogP contribution in [-0.2, 0) is 6.42 Å². The van der Waals surface area contributed by atoms with Gasteiger partial charge in [-0.15, -0.1) is 0 Å². The van der Waals surface area contributed by atoms with E-state index in [1.165, 1.54) is 12.0 Å². The van der Waals surface area contributed by atoms with Crippen LogP contribution in [0.4, 0.5) is 0 Å². The van der Waals surface area contributed by atoms with Crippen LogP contribution in [0.3, 0.4) is 0 Å². The Morgan fingerprint density at radius 1 is 1.18 bits per heavy atom. The summed E-state index contributed by atoms with van der Waals surface area (Å²) in [6.07, 6.45) is 12.6. The van der Waals surface area contributed by atoms with E-state index in [-0.39, 0.29) is 6.04 Å². The van der Waals surface area contributed by atoms with Gasteiger partial charge in [-0.3, -0.25) is 4.98 Å². The third-order valence-electron chi connectivity index (χ3n) is 4.28. The zero-order valence-electron chi connectivity index (χ0n) is 17.5. The van der Waals surface area contributed by atoms with Gasteiger partial charge in [-0.05, 0) is 37.6 Å². The van der Waals surface area contributed by atoms with E-state index in [1.807, 2.05) is 54.4 Å². The summed E-state index contributed by atoms with van der Waals surface area (Å²) in [6, 6.07) is 12.2. The van der Waals surface area contributed by atoms with Gasteiger partial charge in [0.25, 0.3) is 0 Å². The van der Waals surface area contributed by atoms with Crippen molar-refractivity contribution in [2.45, 2.75) is 53.0 Å². The lowest BCUT2D eigenvalue weighted by molar-refractivity contribution is 0.653. The molecule has 0 aliphatic carbocycles. The Morgan fingerprint density at radius 3 is 2.64 bits per heavy atom. The molecule has 1 atom stereocenters. The van der Waals surface area contributed by atoms with Crippen molar-refractivity contribution in [3.63, 3.8) is 0 Å². The molecule has 2 heterocycles. The minimum absolute atomic E-state index is 0.0203. The fraction of sp³-hybridized carbons (Fsp3) is 0.333. The number of aromatic nitrogens is 3. The van der Waals surface area contributed by atoms with Crippen LogP contribution < -0.4 is 5.73 Å². The second-order valence-corrected chi connectivity index (χ2v) is 6.94. The van der Waals surface area contributed by atoms with E-state index in [9.17, 15) is 0 Å². The van der Waals surface area contributed by atoms with Crippen molar-refractivity contribution in [2.24, 2.45) is 5.73 Å². The van der Waals surface area contributed by atoms with Crippen LogP contribution in [0.1, 0.15) is 44.9 Å². The molecule has 0 amide bonds. The second-order valence-electron chi connectivity index (χ2n) is 6.94. The number of aryl methyl sites for hydroxylation is 1. The molecule has 4 heteroatoms. The Bertz CT molecular complexity index is 921. The molecule has 1 unspecified atom stereocenters. The van der Waals surface area contributed by atoms with Crippen molar-refractivity contribution < 1.29 is 0 Å². The van der Waals surface area contributed by atoms with Crippen LogP contribution >= 0.6 is 0 Å². The number of fused-ring (bicyclic) bond motifs is 1. The lowest BCUT2D eigenvalue weighted by Crippen LogP contribution is -2.25. The number of pyridine rings is 1. The first-order chi connectivity index (χ1) is 13.6. The van der Waals surface area contributed by atoms with Gasteiger partial charge in [0.05, 0.1) is 11.7 Å². The first-order valence-corrected chi connectivity index (χ1v) is 10.0. The number of hydrogen-bond donors (Lipinski definition) is 1. The van der Waals surface area contributed by atoms with E-state index in [0.717, 1.165) is 35.1 Å². The first kappa shape index (κ1) is 21.6. The van der Waals surface area contributed by atoms with Crippen LogP contribution in [-0.4, -0.2) is 20.8 Å². The Hall–Kier alpha value is -2.72. The van der Waals surface area contributed by atoms with Crippen molar-refractivity contribution >= 4 is 16.6 Å². The number of benzene rings is 1. The third kappa shape index (κ3) is 5.89. The van der Waals surface area contributed by atoms with Crippen LogP contribution in [0.15, 0.2) is 67.0 Å². The summed E-state index contributed by atoms with van der Waals surface area (Å²) in [4.78, 5) is 4.46. The predicted molar refractivity (Wildman–Crippen MR) is 120 cm³/mol. The molecule has 0 aliphatic heterocycles. The molecule has 1 aromatic carbocycles. The van der Waals surface area contributed by atoms with Crippen LogP contribution in [0.2, 0.25) is 0 Å². The highest BCUT2D eigenvalue weighted by Crippen LogP contribution is 2.21. The smallest absolute Gasteiger partial charge is 0.0737 e. The quantitative estimate of drug-likeness (QED) is 0.575. The number of nitrogens with two attached hydrogens (primary N) is 1. The molecule has 0 spiro atoms. The molecule has 3 aromatic rings. The van der Waals surface area contributed by atoms with Crippen molar-refractivity contribution in [3.05, 3.63) is 78.3 Å². The molecule has 2 aromatic heterocycles. The molecular formula is C24H32N4. The lowest BCUT2D eigenvalue weighted by atomic mass is 10.0. The Labute approximate surface area is 168 Å². The van der Waals surface area contributed by atoms with Gasteiger partial charge < -0.3 is 5.73 Å². The molecule has 0 fully saturated rings.